The van der Waals surface area contributed by atoms with E-state index in [0.29, 0.717) is 4.90 Å². The molecule has 4 heteroatoms. The van der Waals surface area contributed by atoms with Gasteiger partial charge in [0.15, 0.2) is 9.84 Å². The predicted molar refractivity (Wildman–Crippen MR) is 60.3 cm³/mol. The zero-order chi connectivity index (χ0) is 11.5. The van der Waals surface area contributed by atoms with Gasteiger partial charge in [0, 0.05) is 6.26 Å². The number of benzene rings is 1. The first-order chi connectivity index (χ1) is 6.93. The Morgan fingerprint density at radius 2 is 1.87 bits per heavy atom. The topological polar surface area (TPSA) is 54.4 Å². The first-order valence-corrected chi connectivity index (χ1v) is 6.41. The molecule has 0 aromatic heterocycles. The SMILES string of the molecule is CC(=Cc1ccc(S(C)(=O)=O)cc1)CO. The lowest BCUT2D eigenvalue weighted by Crippen LogP contribution is -1.96. The van der Waals surface area contributed by atoms with Gasteiger partial charge in [0.25, 0.3) is 0 Å². The first kappa shape index (κ1) is 11.9. The Morgan fingerprint density at radius 1 is 1.33 bits per heavy atom. The third-order valence-corrected chi connectivity index (χ3v) is 3.10. The Morgan fingerprint density at radius 3 is 2.27 bits per heavy atom. The molecule has 0 unspecified atom stereocenters. The van der Waals surface area contributed by atoms with E-state index in [1.807, 2.05) is 13.0 Å². The van der Waals surface area contributed by atoms with Crippen LogP contribution in [0.15, 0.2) is 34.7 Å². The van der Waals surface area contributed by atoms with E-state index >= 15 is 0 Å². The van der Waals surface area contributed by atoms with Crippen LogP contribution in [0.25, 0.3) is 6.08 Å². The zero-order valence-electron chi connectivity index (χ0n) is 8.77. The van der Waals surface area contributed by atoms with Crippen LogP contribution < -0.4 is 0 Å². The predicted octanol–water partition coefficient (Wildman–Crippen LogP) is 1.49. The van der Waals surface area contributed by atoms with E-state index in [1.54, 1.807) is 24.3 Å². The summed E-state index contributed by atoms with van der Waals surface area (Å²) in [6, 6.07) is 6.56. The fourth-order valence-electron chi connectivity index (χ4n) is 1.14. The summed E-state index contributed by atoms with van der Waals surface area (Å²) in [4.78, 5) is 0.307. The Balaban J connectivity index is 3.01. The van der Waals surface area contributed by atoms with Gasteiger partial charge in [0.05, 0.1) is 11.5 Å². The highest BCUT2D eigenvalue weighted by atomic mass is 32.2. The maximum absolute atomic E-state index is 11.2. The molecule has 0 amide bonds. The van der Waals surface area contributed by atoms with Gasteiger partial charge in [-0.25, -0.2) is 8.42 Å². The minimum absolute atomic E-state index is 0.00777. The number of aliphatic hydroxyl groups excluding tert-OH is 1. The molecule has 1 aromatic rings. The van der Waals surface area contributed by atoms with Gasteiger partial charge < -0.3 is 5.11 Å². The van der Waals surface area contributed by atoms with Crippen LogP contribution in [0.4, 0.5) is 0 Å². The summed E-state index contributed by atoms with van der Waals surface area (Å²) in [6.45, 7) is 1.82. The molecule has 0 radical (unpaired) electrons. The van der Waals surface area contributed by atoms with Gasteiger partial charge in [0.1, 0.15) is 0 Å². The van der Waals surface area contributed by atoms with Gasteiger partial charge in [-0.2, -0.15) is 0 Å². The van der Waals surface area contributed by atoms with Crippen LogP contribution in [0.3, 0.4) is 0 Å². The summed E-state index contributed by atoms with van der Waals surface area (Å²) in [7, 11) is -3.12. The standard InChI is InChI=1S/C11H14O3S/c1-9(8-12)7-10-3-5-11(6-4-10)15(2,13)14/h3-7,12H,8H2,1-2H3. The van der Waals surface area contributed by atoms with Crippen LogP contribution >= 0.6 is 0 Å². The van der Waals surface area contributed by atoms with E-state index in [4.69, 9.17) is 5.11 Å². The summed E-state index contributed by atoms with van der Waals surface area (Å²) in [6.07, 6.45) is 2.99. The van der Waals surface area contributed by atoms with Crippen molar-refractivity contribution in [1.29, 1.82) is 0 Å². The molecule has 15 heavy (non-hydrogen) atoms. The normalized spacial score (nSPS) is 12.9. The monoisotopic (exact) mass is 226 g/mol. The smallest absolute Gasteiger partial charge is 0.175 e. The molecule has 1 rings (SSSR count). The van der Waals surface area contributed by atoms with Crippen molar-refractivity contribution in [1.82, 2.24) is 0 Å². The Hall–Kier alpha value is -1.13. The molecule has 0 aliphatic heterocycles. The second-order valence-corrected chi connectivity index (χ2v) is 5.51. The molecule has 3 nitrogen and oxygen atoms in total. The van der Waals surface area contributed by atoms with Gasteiger partial charge >= 0.3 is 0 Å². The molecule has 0 aliphatic carbocycles. The summed E-state index contributed by atoms with van der Waals surface area (Å²) in [5, 5.41) is 8.82. The quantitative estimate of drug-likeness (QED) is 0.849. The van der Waals surface area contributed by atoms with E-state index in [1.165, 1.54) is 6.26 Å². The summed E-state index contributed by atoms with van der Waals surface area (Å²) < 4.78 is 22.3. The van der Waals surface area contributed by atoms with Crippen LogP contribution in [0.1, 0.15) is 12.5 Å². The van der Waals surface area contributed by atoms with Gasteiger partial charge in [0.2, 0.25) is 0 Å². The number of hydrogen-bond acceptors (Lipinski definition) is 3. The molecule has 0 aliphatic rings. The molecule has 0 fully saturated rings. The maximum atomic E-state index is 11.2. The van der Waals surface area contributed by atoms with E-state index in [0.717, 1.165) is 11.1 Å². The summed E-state index contributed by atoms with van der Waals surface area (Å²) in [5.74, 6) is 0. The second-order valence-electron chi connectivity index (χ2n) is 3.49. The maximum Gasteiger partial charge on any atom is 0.175 e. The number of hydrogen-bond donors (Lipinski definition) is 1. The van der Waals surface area contributed by atoms with Crippen molar-refractivity contribution < 1.29 is 13.5 Å². The molecular formula is C11H14O3S. The van der Waals surface area contributed by atoms with Crippen molar-refractivity contribution in [3.8, 4) is 0 Å². The van der Waals surface area contributed by atoms with Crippen LogP contribution in [0, 0.1) is 0 Å². The molecule has 0 atom stereocenters. The number of rotatable bonds is 3. The van der Waals surface area contributed by atoms with Gasteiger partial charge in [-0.1, -0.05) is 18.2 Å². The highest BCUT2D eigenvalue weighted by Crippen LogP contribution is 2.12. The molecular weight excluding hydrogens is 212 g/mol. The largest absolute Gasteiger partial charge is 0.392 e. The fourth-order valence-corrected chi connectivity index (χ4v) is 1.77. The van der Waals surface area contributed by atoms with Gasteiger partial charge in [-0.3, -0.25) is 0 Å². The van der Waals surface area contributed by atoms with E-state index in [-0.39, 0.29) is 6.61 Å². The van der Waals surface area contributed by atoms with Crippen molar-refractivity contribution in [2.24, 2.45) is 0 Å². The Bertz CT molecular complexity index is 455. The van der Waals surface area contributed by atoms with Crippen LogP contribution in [0.2, 0.25) is 0 Å². The van der Waals surface area contributed by atoms with Crippen molar-refractivity contribution in [3.05, 3.63) is 35.4 Å². The average Bonchev–Trinajstić information content (AvgIpc) is 2.17. The molecule has 0 saturated carbocycles. The second kappa shape index (κ2) is 4.59. The van der Waals surface area contributed by atoms with Crippen molar-refractivity contribution >= 4 is 15.9 Å². The van der Waals surface area contributed by atoms with Gasteiger partial charge in [-0.05, 0) is 30.2 Å². The van der Waals surface area contributed by atoms with E-state index in [9.17, 15) is 8.42 Å². The number of sulfone groups is 1. The number of aliphatic hydroxyl groups is 1. The van der Waals surface area contributed by atoms with E-state index < -0.39 is 9.84 Å². The molecule has 0 saturated heterocycles. The zero-order valence-corrected chi connectivity index (χ0v) is 9.58. The van der Waals surface area contributed by atoms with Crippen molar-refractivity contribution in [2.75, 3.05) is 12.9 Å². The van der Waals surface area contributed by atoms with Crippen LogP contribution in [-0.4, -0.2) is 26.4 Å². The first-order valence-electron chi connectivity index (χ1n) is 4.51. The lowest BCUT2D eigenvalue weighted by Gasteiger charge is -2.00. The lowest BCUT2D eigenvalue weighted by atomic mass is 10.1. The van der Waals surface area contributed by atoms with Crippen LogP contribution in [-0.2, 0) is 9.84 Å². The van der Waals surface area contributed by atoms with Crippen LogP contribution in [0.5, 0.6) is 0 Å². The Labute approximate surface area is 90.0 Å². The molecule has 0 bridgehead atoms. The summed E-state index contributed by atoms with van der Waals surface area (Å²) in [5.41, 5.74) is 1.72. The summed E-state index contributed by atoms with van der Waals surface area (Å²) >= 11 is 0. The lowest BCUT2D eigenvalue weighted by molar-refractivity contribution is 0.332. The Kier molecular flexibility index (Phi) is 3.66. The van der Waals surface area contributed by atoms with Crippen molar-refractivity contribution in [3.63, 3.8) is 0 Å². The molecule has 0 heterocycles. The highest BCUT2D eigenvalue weighted by Gasteiger charge is 2.05. The minimum atomic E-state index is -3.12. The fraction of sp³-hybridized carbons (Fsp3) is 0.273. The molecule has 1 aromatic carbocycles. The molecule has 0 spiro atoms. The third kappa shape index (κ3) is 3.49. The highest BCUT2D eigenvalue weighted by molar-refractivity contribution is 7.90. The van der Waals surface area contributed by atoms with Crippen molar-refractivity contribution in [2.45, 2.75) is 11.8 Å². The molecule has 82 valence electrons. The minimum Gasteiger partial charge on any atom is -0.392 e. The van der Waals surface area contributed by atoms with Gasteiger partial charge in [-0.15, -0.1) is 0 Å². The van der Waals surface area contributed by atoms with E-state index in [2.05, 4.69) is 0 Å². The average molecular weight is 226 g/mol. The molecule has 1 N–H and O–H groups in total. The third-order valence-electron chi connectivity index (χ3n) is 1.97.